The van der Waals surface area contributed by atoms with Gasteiger partial charge in [-0.2, -0.15) is 0 Å². The van der Waals surface area contributed by atoms with E-state index in [0.29, 0.717) is 0 Å². The molecule has 4 heteroatoms. The Morgan fingerprint density at radius 2 is 1.52 bits per heavy atom. The largest absolute Gasteiger partial charge is 1.00 e. The maximum absolute atomic E-state index is 6.12. The highest BCUT2D eigenvalue weighted by atomic mass is 35.5. The fourth-order valence-electron chi connectivity index (χ4n) is 2.93. The number of hydrogen-bond acceptors (Lipinski definition) is 2. The van der Waals surface area contributed by atoms with Crippen LogP contribution in [0.1, 0.15) is 0 Å². The van der Waals surface area contributed by atoms with Crippen LogP contribution in [-0.2, 0) is 4.74 Å². The molecule has 2 heterocycles. The van der Waals surface area contributed by atoms with Crippen molar-refractivity contribution in [3.8, 4) is 11.3 Å². The number of hydrogen-bond donors (Lipinski definition) is 0. The molecule has 1 aromatic heterocycles. The molecule has 0 unspecified atom stereocenters. The van der Waals surface area contributed by atoms with Gasteiger partial charge >= 0.3 is 0 Å². The highest BCUT2D eigenvalue weighted by molar-refractivity contribution is 5.78. The van der Waals surface area contributed by atoms with Crippen LogP contribution in [0.25, 0.3) is 22.3 Å². The molecule has 0 N–H and O–H groups in total. The molecule has 1 aliphatic rings. The summed E-state index contributed by atoms with van der Waals surface area (Å²) in [5, 5.41) is 2.38. The summed E-state index contributed by atoms with van der Waals surface area (Å²) in [6.07, 6.45) is 0. The molecule has 1 fully saturated rings. The molecule has 0 atom stereocenters. The first-order valence-electron chi connectivity index (χ1n) is 7.66. The molecule has 3 nitrogen and oxygen atoms in total. The van der Waals surface area contributed by atoms with Crippen molar-refractivity contribution in [3.63, 3.8) is 0 Å². The fraction of sp³-hybridized carbons (Fsp3) is 0.211. The van der Waals surface area contributed by atoms with Gasteiger partial charge in [0.2, 0.25) is 5.36 Å². The van der Waals surface area contributed by atoms with Gasteiger partial charge in [0.1, 0.15) is 24.6 Å². The zero-order valence-corrected chi connectivity index (χ0v) is 13.5. The van der Waals surface area contributed by atoms with Gasteiger partial charge < -0.3 is 21.6 Å². The van der Waals surface area contributed by atoms with E-state index in [-0.39, 0.29) is 12.4 Å². The van der Waals surface area contributed by atoms with Gasteiger partial charge in [-0.3, -0.25) is 0 Å². The van der Waals surface area contributed by atoms with E-state index in [9.17, 15) is 0 Å². The SMILES string of the molecule is [Cl-].c1ccc(-c2cc(=[N+]3CCOCC3)c3ccccc3o2)cc1. The van der Waals surface area contributed by atoms with Crippen LogP contribution in [0, 0.1) is 0 Å². The summed E-state index contributed by atoms with van der Waals surface area (Å²) in [5.41, 5.74) is 2.02. The minimum Gasteiger partial charge on any atom is -1.00 e. The molecule has 0 aliphatic carbocycles. The van der Waals surface area contributed by atoms with Crippen LogP contribution >= 0.6 is 0 Å². The zero-order chi connectivity index (χ0) is 14.8. The molecule has 0 bridgehead atoms. The average molecular weight is 328 g/mol. The zero-order valence-electron chi connectivity index (χ0n) is 12.7. The van der Waals surface area contributed by atoms with Crippen LogP contribution in [-0.4, -0.2) is 26.3 Å². The van der Waals surface area contributed by atoms with Crippen molar-refractivity contribution >= 4 is 11.0 Å². The Kier molecular flexibility index (Phi) is 4.79. The molecule has 0 spiro atoms. The van der Waals surface area contributed by atoms with Crippen molar-refractivity contribution in [2.45, 2.75) is 0 Å². The first-order chi connectivity index (χ1) is 10.9. The fourth-order valence-corrected chi connectivity index (χ4v) is 2.93. The van der Waals surface area contributed by atoms with Crippen molar-refractivity contribution in [2.24, 2.45) is 0 Å². The quantitative estimate of drug-likeness (QED) is 0.584. The topological polar surface area (TPSA) is 25.4 Å². The third-order valence-corrected chi connectivity index (χ3v) is 4.06. The van der Waals surface area contributed by atoms with Gasteiger partial charge in [0.25, 0.3) is 0 Å². The minimum atomic E-state index is 0. The summed E-state index contributed by atoms with van der Waals surface area (Å²) in [7, 11) is 0. The van der Waals surface area contributed by atoms with E-state index in [4.69, 9.17) is 9.15 Å². The minimum absolute atomic E-state index is 0. The lowest BCUT2D eigenvalue weighted by molar-refractivity contribution is -0.00000559. The molecule has 0 amide bonds. The predicted molar refractivity (Wildman–Crippen MR) is 87.5 cm³/mol. The van der Waals surface area contributed by atoms with Crippen molar-refractivity contribution < 1.29 is 21.6 Å². The summed E-state index contributed by atoms with van der Waals surface area (Å²) in [6, 6.07) is 20.6. The molecule has 118 valence electrons. The number of fused-ring (bicyclic) bond motifs is 1. The van der Waals surface area contributed by atoms with Crippen LogP contribution in [0.2, 0.25) is 0 Å². The van der Waals surface area contributed by atoms with Crippen molar-refractivity contribution in [3.05, 3.63) is 66.0 Å². The van der Waals surface area contributed by atoms with Crippen molar-refractivity contribution in [2.75, 3.05) is 26.3 Å². The van der Waals surface area contributed by atoms with Gasteiger partial charge in [-0.05, 0) is 12.1 Å². The standard InChI is InChI=1S/C19H18NO2.ClH/c1-2-6-15(7-3-1)19-14-17(20-10-12-21-13-11-20)16-8-4-5-9-18(16)22-19;/h1-9,14H,10-13H2;1H/q+1;/p-1. The molecular formula is C19H18ClNO2. The smallest absolute Gasteiger partial charge is 0.214 e. The molecule has 0 saturated carbocycles. The third-order valence-electron chi connectivity index (χ3n) is 4.06. The maximum Gasteiger partial charge on any atom is 0.214 e. The number of halogens is 1. The van der Waals surface area contributed by atoms with Crippen LogP contribution in [0.15, 0.2) is 65.1 Å². The Morgan fingerprint density at radius 3 is 2.30 bits per heavy atom. The first-order valence-corrected chi connectivity index (χ1v) is 7.66. The van der Waals surface area contributed by atoms with E-state index in [0.717, 1.165) is 48.6 Å². The number of ether oxygens (including phenoxy) is 1. The summed E-state index contributed by atoms with van der Waals surface area (Å²) >= 11 is 0. The predicted octanol–water partition coefficient (Wildman–Crippen LogP) is -0.0938. The van der Waals surface area contributed by atoms with Gasteiger partial charge in [-0.15, -0.1) is 0 Å². The van der Waals surface area contributed by atoms with E-state index in [2.05, 4.69) is 34.9 Å². The second-order valence-corrected chi connectivity index (χ2v) is 5.46. The Balaban J connectivity index is 0.00000156. The summed E-state index contributed by atoms with van der Waals surface area (Å²) in [5.74, 6) is 0.904. The molecule has 0 radical (unpaired) electrons. The van der Waals surface area contributed by atoms with E-state index in [1.165, 1.54) is 5.36 Å². The van der Waals surface area contributed by atoms with Crippen molar-refractivity contribution in [1.82, 2.24) is 4.58 Å². The van der Waals surface area contributed by atoms with Gasteiger partial charge in [0.15, 0.2) is 13.1 Å². The molecule has 2 aromatic carbocycles. The van der Waals surface area contributed by atoms with Gasteiger partial charge in [0, 0.05) is 5.56 Å². The second-order valence-electron chi connectivity index (χ2n) is 5.46. The summed E-state index contributed by atoms with van der Waals surface area (Å²) in [6.45, 7) is 3.40. The summed E-state index contributed by atoms with van der Waals surface area (Å²) < 4.78 is 14.0. The monoisotopic (exact) mass is 327 g/mol. The lowest BCUT2D eigenvalue weighted by atomic mass is 10.1. The van der Waals surface area contributed by atoms with E-state index in [1.54, 1.807) is 0 Å². The second kappa shape index (κ2) is 6.99. The van der Waals surface area contributed by atoms with Crippen LogP contribution in [0.4, 0.5) is 0 Å². The van der Waals surface area contributed by atoms with Gasteiger partial charge in [-0.25, -0.2) is 4.58 Å². The summed E-state index contributed by atoms with van der Waals surface area (Å²) in [4.78, 5) is 0. The van der Waals surface area contributed by atoms with E-state index in [1.807, 2.05) is 30.3 Å². The lowest BCUT2D eigenvalue weighted by Crippen LogP contribution is -3.00. The number of para-hydroxylation sites is 1. The number of rotatable bonds is 1. The molecular weight excluding hydrogens is 310 g/mol. The van der Waals surface area contributed by atoms with Gasteiger partial charge in [0.05, 0.1) is 11.5 Å². The molecule has 1 saturated heterocycles. The Bertz CT molecular complexity index is 863. The average Bonchev–Trinajstić information content (AvgIpc) is 2.62. The van der Waals surface area contributed by atoms with E-state index < -0.39 is 0 Å². The Morgan fingerprint density at radius 1 is 0.826 bits per heavy atom. The van der Waals surface area contributed by atoms with Gasteiger partial charge in [-0.1, -0.05) is 42.5 Å². The van der Waals surface area contributed by atoms with Crippen LogP contribution in [0.3, 0.4) is 0 Å². The molecule has 1 aliphatic heterocycles. The maximum atomic E-state index is 6.12. The highest BCUT2D eigenvalue weighted by Crippen LogP contribution is 2.21. The Labute approximate surface area is 141 Å². The normalized spacial score (nSPS) is 14.5. The van der Waals surface area contributed by atoms with Crippen molar-refractivity contribution in [1.29, 1.82) is 0 Å². The third kappa shape index (κ3) is 3.16. The Hall–Kier alpha value is -2.10. The molecule has 4 rings (SSSR count). The lowest BCUT2D eigenvalue weighted by Gasteiger charge is -2.12. The number of nitrogens with zero attached hydrogens (tertiary/aromatic N) is 1. The highest BCUT2D eigenvalue weighted by Gasteiger charge is 2.16. The van der Waals surface area contributed by atoms with E-state index >= 15 is 0 Å². The molecule has 3 aromatic rings. The van der Waals surface area contributed by atoms with Crippen LogP contribution < -0.4 is 22.3 Å². The number of benzene rings is 2. The number of morpholine rings is 1. The van der Waals surface area contributed by atoms with Crippen LogP contribution in [0.5, 0.6) is 0 Å². The molecule has 23 heavy (non-hydrogen) atoms. The first kappa shape index (κ1) is 15.8.